The second-order valence-corrected chi connectivity index (χ2v) is 7.65. The van der Waals surface area contributed by atoms with E-state index < -0.39 is 5.97 Å². The number of rotatable bonds is 7. The van der Waals surface area contributed by atoms with Gasteiger partial charge in [0.1, 0.15) is 0 Å². The van der Waals surface area contributed by atoms with Crippen molar-refractivity contribution in [3.8, 4) is 11.3 Å². The normalized spacial score (nSPS) is 12.3. The Morgan fingerprint density at radius 2 is 1.86 bits per heavy atom. The molecule has 0 fully saturated rings. The summed E-state index contributed by atoms with van der Waals surface area (Å²) in [4.78, 5) is 28.6. The van der Waals surface area contributed by atoms with Crippen LogP contribution in [0, 0.1) is 6.92 Å². The standard InChI is InChI=1S/C22H26N4O3/c1-13(2)26-21-18(12-23-26)17(22(29)24-15(4)7-10-20(27)28)11-19(25-21)16-8-5-14(3)6-9-16/h5-6,8-9,11-13,15H,7,10H2,1-4H3,(H,24,29)(H,27,28). The van der Waals surface area contributed by atoms with Crippen LogP contribution in [-0.4, -0.2) is 37.8 Å². The van der Waals surface area contributed by atoms with Crippen molar-refractivity contribution in [2.45, 2.75) is 52.6 Å². The molecule has 1 atom stereocenters. The number of hydrogen-bond donors (Lipinski definition) is 2. The van der Waals surface area contributed by atoms with E-state index in [1.807, 2.05) is 45.0 Å². The molecule has 0 radical (unpaired) electrons. The van der Waals surface area contributed by atoms with Gasteiger partial charge in [-0.1, -0.05) is 29.8 Å². The molecule has 0 aliphatic heterocycles. The summed E-state index contributed by atoms with van der Waals surface area (Å²) in [5.41, 5.74) is 3.90. The zero-order valence-electron chi connectivity index (χ0n) is 17.1. The van der Waals surface area contributed by atoms with E-state index in [1.165, 1.54) is 0 Å². The van der Waals surface area contributed by atoms with Crippen LogP contribution in [0.4, 0.5) is 0 Å². The maximum atomic E-state index is 13.0. The third-order valence-electron chi connectivity index (χ3n) is 4.82. The molecule has 7 heteroatoms. The number of aliphatic carboxylic acids is 1. The fourth-order valence-electron chi connectivity index (χ4n) is 3.17. The van der Waals surface area contributed by atoms with Gasteiger partial charge in [0.05, 0.1) is 22.8 Å². The first-order valence-corrected chi connectivity index (χ1v) is 9.74. The summed E-state index contributed by atoms with van der Waals surface area (Å²) in [7, 11) is 0. The summed E-state index contributed by atoms with van der Waals surface area (Å²) >= 11 is 0. The largest absolute Gasteiger partial charge is 0.481 e. The van der Waals surface area contributed by atoms with Crippen LogP contribution >= 0.6 is 0 Å². The Kier molecular flexibility index (Phi) is 5.96. The van der Waals surface area contributed by atoms with Gasteiger partial charge in [0.15, 0.2) is 5.65 Å². The Labute approximate surface area is 169 Å². The number of nitrogens with one attached hydrogen (secondary N) is 1. The molecule has 152 valence electrons. The van der Waals surface area contributed by atoms with Gasteiger partial charge in [-0.25, -0.2) is 9.67 Å². The fourth-order valence-corrected chi connectivity index (χ4v) is 3.17. The second-order valence-electron chi connectivity index (χ2n) is 7.65. The molecule has 0 spiro atoms. The van der Waals surface area contributed by atoms with E-state index in [1.54, 1.807) is 23.9 Å². The monoisotopic (exact) mass is 394 g/mol. The first kappa shape index (κ1) is 20.5. The summed E-state index contributed by atoms with van der Waals surface area (Å²) in [6.45, 7) is 7.85. The van der Waals surface area contributed by atoms with Gasteiger partial charge in [0.25, 0.3) is 5.91 Å². The molecule has 2 N–H and O–H groups in total. The average Bonchev–Trinajstić information content (AvgIpc) is 3.10. The van der Waals surface area contributed by atoms with Gasteiger partial charge in [-0.15, -0.1) is 0 Å². The number of hydrogen-bond acceptors (Lipinski definition) is 4. The minimum Gasteiger partial charge on any atom is -0.481 e. The second kappa shape index (κ2) is 8.43. The minimum atomic E-state index is -0.878. The Morgan fingerprint density at radius 1 is 1.17 bits per heavy atom. The Morgan fingerprint density at radius 3 is 2.48 bits per heavy atom. The van der Waals surface area contributed by atoms with E-state index in [0.29, 0.717) is 28.7 Å². The Hall–Kier alpha value is -3.22. The van der Waals surface area contributed by atoms with Gasteiger partial charge in [-0.3, -0.25) is 9.59 Å². The zero-order valence-corrected chi connectivity index (χ0v) is 17.1. The van der Waals surface area contributed by atoms with Crippen LogP contribution in [0.1, 0.15) is 55.6 Å². The van der Waals surface area contributed by atoms with Crippen molar-refractivity contribution in [3.05, 3.63) is 47.7 Å². The predicted molar refractivity (Wildman–Crippen MR) is 112 cm³/mol. The smallest absolute Gasteiger partial charge is 0.303 e. The zero-order chi connectivity index (χ0) is 21.1. The maximum absolute atomic E-state index is 13.0. The molecule has 0 saturated heterocycles. The third kappa shape index (κ3) is 4.62. The summed E-state index contributed by atoms with van der Waals surface area (Å²) < 4.78 is 1.80. The van der Waals surface area contributed by atoms with Gasteiger partial charge < -0.3 is 10.4 Å². The number of carbonyl (C=O) groups excluding carboxylic acids is 1. The van der Waals surface area contributed by atoms with Crippen molar-refractivity contribution in [2.75, 3.05) is 0 Å². The Bertz CT molecular complexity index is 1040. The molecule has 7 nitrogen and oxygen atoms in total. The quantitative estimate of drug-likeness (QED) is 0.632. The Balaban J connectivity index is 2.03. The lowest BCUT2D eigenvalue weighted by Crippen LogP contribution is -2.33. The molecule has 1 amide bonds. The van der Waals surface area contributed by atoms with Crippen LogP contribution < -0.4 is 5.32 Å². The molecular weight excluding hydrogens is 368 g/mol. The third-order valence-corrected chi connectivity index (χ3v) is 4.82. The fraction of sp³-hybridized carbons (Fsp3) is 0.364. The molecule has 2 aromatic heterocycles. The molecule has 1 unspecified atom stereocenters. The highest BCUT2D eigenvalue weighted by Gasteiger charge is 2.20. The van der Waals surface area contributed by atoms with E-state index in [-0.39, 0.29) is 24.4 Å². The predicted octanol–water partition coefficient (Wildman–Crippen LogP) is 3.97. The molecule has 0 bridgehead atoms. The van der Waals surface area contributed by atoms with Crippen LogP contribution in [0.3, 0.4) is 0 Å². The molecule has 3 aromatic rings. The van der Waals surface area contributed by atoms with Gasteiger partial charge in [-0.05, 0) is 40.2 Å². The molecule has 29 heavy (non-hydrogen) atoms. The summed E-state index contributed by atoms with van der Waals surface area (Å²) in [6.07, 6.45) is 2.04. The van der Waals surface area contributed by atoms with Crippen LogP contribution in [0.25, 0.3) is 22.3 Å². The SMILES string of the molecule is Cc1ccc(-c2cc(C(=O)NC(C)CCC(=O)O)c3cnn(C(C)C)c3n2)cc1. The van der Waals surface area contributed by atoms with Crippen LogP contribution in [0.2, 0.25) is 0 Å². The van der Waals surface area contributed by atoms with E-state index >= 15 is 0 Å². The van der Waals surface area contributed by atoms with Crippen LogP contribution in [0.5, 0.6) is 0 Å². The lowest BCUT2D eigenvalue weighted by atomic mass is 10.0. The number of carboxylic acids is 1. The van der Waals surface area contributed by atoms with Crippen LogP contribution in [0.15, 0.2) is 36.5 Å². The van der Waals surface area contributed by atoms with Crippen molar-refractivity contribution in [1.82, 2.24) is 20.1 Å². The maximum Gasteiger partial charge on any atom is 0.303 e. The average molecular weight is 394 g/mol. The number of benzene rings is 1. The lowest BCUT2D eigenvalue weighted by molar-refractivity contribution is -0.137. The molecule has 3 rings (SSSR count). The number of nitrogens with zero attached hydrogens (tertiary/aromatic N) is 3. The van der Waals surface area contributed by atoms with E-state index in [9.17, 15) is 9.59 Å². The lowest BCUT2D eigenvalue weighted by Gasteiger charge is -2.15. The highest BCUT2D eigenvalue weighted by molar-refractivity contribution is 6.06. The number of carboxylic acid groups (broad SMARTS) is 1. The number of aromatic nitrogens is 3. The van der Waals surface area contributed by atoms with Crippen molar-refractivity contribution in [1.29, 1.82) is 0 Å². The first-order chi connectivity index (χ1) is 13.8. The number of amides is 1. The topological polar surface area (TPSA) is 97.1 Å². The van der Waals surface area contributed by atoms with Crippen molar-refractivity contribution in [2.24, 2.45) is 0 Å². The van der Waals surface area contributed by atoms with Gasteiger partial charge in [0.2, 0.25) is 0 Å². The van der Waals surface area contributed by atoms with Gasteiger partial charge in [0, 0.05) is 24.1 Å². The van der Waals surface area contributed by atoms with Crippen molar-refractivity contribution < 1.29 is 14.7 Å². The number of pyridine rings is 1. The highest BCUT2D eigenvalue weighted by Crippen LogP contribution is 2.26. The molecule has 2 heterocycles. The van der Waals surface area contributed by atoms with E-state index in [4.69, 9.17) is 10.1 Å². The first-order valence-electron chi connectivity index (χ1n) is 9.74. The number of carbonyl (C=O) groups is 2. The number of aryl methyl sites for hydroxylation is 1. The molecule has 0 saturated carbocycles. The summed E-state index contributed by atoms with van der Waals surface area (Å²) in [5, 5.41) is 16.9. The highest BCUT2D eigenvalue weighted by atomic mass is 16.4. The molecule has 0 aliphatic carbocycles. The summed E-state index contributed by atoms with van der Waals surface area (Å²) in [5.74, 6) is -1.13. The van der Waals surface area contributed by atoms with Gasteiger partial charge in [-0.2, -0.15) is 5.10 Å². The molecule has 1 aromatic carbocycles. The number of fused-ring (bicyclic) bond motifs is 1. The van der Waals surface area contributed by atoms with E-state index in [0.717, 1.165) is 11.1 Å². The van der Waals surface area contributed by atoms with Crippen molar-refractivity contribution >= 4 is 22.9 Å². The van der Waals surface area contributed by atoms with Gasteiger partial charge >= 0.3 is 5.97 Å². The van der Waals surface area contributed by atoms with Crippen molar-refractivity contribution in [3.63, 3.8) is 0 Å². The minimum absolute atomic E-state index is 0.00704. The molecular formula is C22H26N4O3. The molecule has 0 aliphatic rings. The van der Waals surface area contributed by atoms with E-state index in [2.05, 4.69) is 10.4 Å². The summed E-state index contributed by atoms with van der Waals surface area (Å²) in [6, 6.07) is 9.60. The van der Waals surface area contributed by atoms with Crippen LogP contribution in [-0.2, 0) is 4.79 Å².